The third-order valence-corrected chi connectivity index (χ3v) is 4.06. The van der Waals surface area contributed by atoms with Crippen LogP contribution in [0.4, 0.5) is 0 Å². The van der Waals surface area contributed by atoms with Gasteiger partial charge >= 0.3 is 0 Å². The summed E-state index contributed by atoms with van der Waals surface area (Å²) in [6.07, 6.45) is 6.19. The first-order chi connectivity index (χ1) is 9.85. The molecule has 1 aromatic carbocycles. The maximum Gasteiger partial charge on any atom is 0.0540 e. The van der Waals surface area contributed by atoms with Crippen molar-refractivity contribution in [1.29, 1.82) is 0 Å². The Hall–Kier alpha value is -1.30. The normalized spacial score (nSPS) is 17.9. The van der Waals surface area contributed by atoms with Crippen LogP contribution in [0.3, 0.4) is 0 Å². The standard InChI is InChI=1S/C18H23NO/c20-12-2-1-3-15-4-6-16(7-5-15)13-19(18-10-11-18)14-17-8-9-17/h4-7,17-18,20H,2,8-14H2. The maximum absolute atomic E-state index is 8.71. The third kappa shape index (κ3) is 4.10. The van der Waals surface area contributed by atoms with Gasteiger partial charge in [-0.3, -0.25) is 4.90 Å². The molecule has 2 fully saturated rings. The number of rotatable bonds is 6. The van der Waals surface area contributed by atoms with E-state index in [1.165, 1.54) is 37.8 Å². The fourth-order valence-corrected chi connectivity index (χ4v) is 2.56. The number of aliphatic hydroxyl groups excluding tert-OH is 1. The Labute approximate surface area is 121 Å². The molecule has 0 spiro atoms. The molecule has 2 aliphatic carbocycles. The summed E-state index contributed by atoms with van der Waals surface area (Å²) >= 11 is 0. The minimum Gasteiger partial charge on any atom is -0.395 e. The van der Waals surface area contributed by atoms with Gasteiger partial charge < -0.3 is 5.11 Å². The van der Waals surface area contributed by atoms with E-state index in [-0.39, 0.29) is 6.61 Å². The zero-order valence-electron chi connectivity index (χ0n) is 12.0. The summed E-state index contributed by atoms with van der Waals surface area (Å²) in [4.78, 5) is 2.67. The molecule has 1 aromatic rings. The van der Waals surface area contributed by atoms with Gasteiger partial charge in [-0.1, -0.05) is 24.0 Å². The summed E-state index contributed by atoms with van der Waals surface area (Å²) in [6.45, 7) is 2.52. The molecule has 2 heteroatoms. The van der Waals surface area contributed by atoms with Gasteiger partial charge in [0.05, 0.1) is 6.61 Å². The Morgan fingerprint density at radius 2 is 1.85 bits per heavy atom. The van der Waals surface area contributed by atoms with Crippen molar-refractivity contribution in [3.63, 3.8) is 0 Å². The fourth-order valence-electron chi connectivity index (χ4n) is 2.56. The van der Waals surface area contributed by atoms with E-state index >= 15 is 0 Å². The van der Waals surface area contributed by atoms with Gasteiger partial charge in [-0.05, 0) is 49.3 Å². The van der Waals surface area contributed by atoms with Crippen LogP contribution in [0.1, 0.15) is 43.2 Å². The molecule has 0 aromatic heterocycles. The summed E-state index contributed by atoms with van der Waals surface area (Å²) in [5.74, 6) is 7.02. The average molecular weight is 269 g/mol. The lowest BCUT2D eigenvalue weighted by Gasteiger charge is -2.21. The molecule has 0 amide bonds. The number of benzene rings is 1. The van der Waals surface area contributed by atoms with Gasteiger partial charge in [0.25, 0.3) is 0 Å². The van der Waals surface area contributed by atoms with Crippen molar-refractivity contribution in [2.75, 3.05) is 13.2 Å². The zero-order valence-corrected chi connectivity index (χ0v) is 12.0. The van der Waals surface area contributed by atoms with Crippen molar-refractivity contribution in [3.8, 4) is 11.8 Å². The molecule has 2 aliphatic rings. The topological polar surface area (TPSA) is 23.5 Å². The minimum absolute atomic E-state index is 0.141. The Bertz CT molecular complexity index is 488. The molecule has 0 aliphatic heterocycles. The molecule has 0 bridgehead atoms. The molecule has 0 atom stereocenters. The monoisotopic (exact) mass is 269 g/mol. The van der Waals surface area contributed by atoms with Crippen molar-refractivity contribution in [2.24, 2.45) is 5.92 Å². The van der Waals surface area contributed by atoms with Gasteiger partial charge in [-0.15, -0.1) is 0 Å². The number of hydrogen-bond donors (Lipinski definition) is 1. The molecule has 0 heterocycles. The highest BCUT2D eigenvalue weighted by Crippen LogP contribution is 2.35. The van der Waals surface area contributed by atoms with E-state index in [2.05, 4.69) is 41.0 Å². The van der Waals surface area contributed by atoms with Gasteiger partial charge in [0.15, 0.2) is 0 Å². The Morgan fingerprint density at radius 1 is 1.10 bits per heavy atom. The first kappa shape index (κ1) is 13.7. The maximum atomic E-state index is 8.71. The Morgan fingerprint density at radius 3 is 2.45 bits per heavy atom. The molecular formula is C18H23NO. The molecular weight excluding hydrogens is 246 g/mol. The molecule has 1 N–H and O–H groups in total. The SMILES string of the molecule is OCCC#Cc1ccc(CN(CC2CC2)C2CC2)cc1. The Balaban J connectivity index is 1.57. The molecule has 3 rings (SSSR count). The van der Waals surface area contributed by atoms with Gasteiger partial charge in [-0.2, -0.15) is 0 Å². The van der Waals surface area contributed by atoms with Crippen LogP contribution in [0.2, 0.25) is 0 Å². The van der Waals surface area contributed by atoms with Crippen LogP contribution in [0, 0.1) is 17.8 Å². The molecule has 2 nitrogen and oxygen atoms in total. The summed E-state index contributed by atoms with van der Waals surface area (Å²) in [5, 5.41) is 8.71. The van der Waals surface area contributed by atoms with E-state index in [4.69, 9.17) is 5.11 Å². The van der Waals surface area contributed by atoms with Crippen LogP contribution >= 0.6 is 0 Å². The Kier molecular flexibility index (Phi) is 4.40. The van der Waals surface area contributed by atoms with Crippen LogP contribution in [-0.2, 0) is 6.54 Å². The lowest BCUT2D eigenvalue weighted by Crippen LogP contribution is -2.27. The predicted octanol–water partition coefficient (Wildman–Crippen LogP) is 2.79. The van der Waals surface area contributed by atoms with Gasteiger partial charge in [0.2, 0.25) is 0 Å². The van der Waals surface area contributed by atoms with E-state index in [0.29, 0.717) is 6.42 Å². The van der Waals surface area contributed by atoms with E-state index in [0.717, 1.165) is 24.1 Å². The number of aliphatic hydroxyl groups is 1. The fraction of sp³-hybridized carbons (Fsp3) is 0.556. The quantitative estimate of drug-likeness (QED) is 0.803. The largest absolute Gasteiger partial charge is 0.395 e. The van der Waals surface area contributed by atoms with Crippen LogP contribution in [0.5, 0.6) is 0 Å². The highest BCUT2D eigenvalue weighted by molar-refractivity contribution is 5.36. The van der Waals surface area contributed by atoms with Crippen molar-refractivity contribution in [3.05, 3.63) is 35.4 Å². The second kappa shape index (κ2) is 6.43. The zero-order chi connectivity index (χ0) is 13.8. The van der Waals surface area contributed by atoms with Crippen molar-refractivity contribution < 1.29 is 5.11 Å². The molecule has 106 valence electrons. The van der Waals surface area contributed by atoms with Crippen LogP contribution in [0.25, 0.3) is 0 Å². The highest BCUT2D eigenvalue weighted by atomic mass is 16.2. The smallest absolute Gasteiger partial charge is 0.0540 e. The molecule has 0 saturated heterocycles. The van der Waals surface area contributed by atoms with E-state index in [1.807, 2.05) is 0 Å². The number of nitrogens with zero attached hydrogens (tertiary/aromatic N) is 1. The predicted molar refractivity (Wildman–Crippen MR) is 81.2 cm³/mol. The second-order valence-electron chi connectivity index (χ2n) is 6.08. The lowest BCUT2D eigenvalue weighted by atomic mass is 10.1. The first-order valence-electron chi connectivity index (χ1n) is 7.78. The van der Waals surface area contributed by atoms with Crippen molar-refractivity contribution in [2.45, 2.75) is 44.7 Å². The summed E-state index contributed by atoms with van der Waals surface area (Å²) in [7, 11) is 0. The number of hydrogen-bond acceptors (Lipinski definition) is 2. The van der Waals surface area contributed by atoms with Crippen LogP contribution in [-0.4, -0.2) is 29.2 Å². The molecule has 20 heavy (non-hydrogen) atoms. The van der Waals surface area contributed by atoms with Crippen molar-refractivity contribution in [1.82, 2.24) is 4.90 Å². The molecule has 2 saturated carbocycles. The molecule has 0 radical (unpaired) electrons. The second-order valence-corrected chi connectivity index (χ2v) is 6.08. The summed E-state index contributed by atoms with van der Waals surface area (Å²) in [6, 6.07) is 9.44. The van der Waals surface area contributed by atoms with E-state index in [9.17, 15) is 0 Å². The third-order valence-electron chi connectivity index (χ3n) is 4.06. The first-order valence-corrected chi connectivity index (χ1v) is 7.78. The average Bonchev–Trinajstić information content (AvgIpc) is 3.34. The van der Waals surface area contributed by atoms with Crippen LogP contribution < -0.4 is 0 Å². The van der Waals surface area contributed by atoms with Gasteiger partial charge in [-0.25, -0.2) is 0 Å². The minimum atomic E-state index is 0.141. The van der Waals surface area contributed by atoms with Gasteiger partial charge in [0.1, 0.15) is 0 Å². The van der Waals surface area contributed by atoms with Gasteiger partial charge in [0, 0.05) is 31.1 Å². The van der Waals surface area contributed by atoms with E-state index < -0.39 is 0 Å². The van der Waals surface area contributed by atoms with Crippen molar-refractivity contribution >= 4 is 0 Å². The molecule has 0 unspecified atom stereocenters. The lowest BCUT2D eigenvalue weighted by molar-refractivity contribution is 0.244. The van der Waals surface area contributed by atoms with Crippen LogP contribution in [0.15, 0.2) is 24.3 Å². The summed E-state index contributed by atoms with van der Waals surface area (Å²) in [5.41, 5.74) is 2.44. The highest BCUT2D eigenvalue weighted by Gasteiger charge is 2.33. The summed E-state index contributed by atoms with van der Waals surface area (Å²) < 4.78 is 0. The van der Waals surface area contributed by atoms with E-state index in [1.54, 1.807) is 0 Å².